The highest BCUT2D eigenvalue weighted by Gasteiger charge is 2.35. The molecular weight excluding hydrogens is 353 g/mol. The number of carbonyl (C=O) groups excluding carboxylic acids is 2. The van der Waals surface area contributed by atoms with Crippen molar-refractivity contribution in [1.29, 1.82) is 0 Å². The maximum Gasteiger partial charge on any atom is 0.227 e. The van der Waals surface area contributed by atoms with E-state index in [1.54, 1.807) is 23.5 Å². The third kappa shape index (κ3) is 3.49. The number of amides is 2. The molecule has 4 rings (SSSR count). The van der Waals surface area contributed by atoms with E-state index in [1.165, 1.54) is 34.0 Å². The van der Waals surface area contributed by atoms with Gasteiger partial charge in [0.2, 0.25) is 11.8 Å². The second-order valence-electron chi connectivity index (χ2n) is 6.76. The Morgan fingerprint density at radius 1 is 1.38 bits per heavy atom. The van der Waals surface area contributed by atoms with Crippen molar-refractivity contribution >= 4 is 28.8 Å². The number of hydrogen-bond acceptors (Lipinski definition) is 4. The van der Waals surface area contributed by atoms with Gasteiger partial charge in [-0.1, -0.05) is 6.07 Å². The molecular formula is C19H20FN3O2S. The summed E-state index contributed by atoms with van der Waals surface area (Å²) >= 11 is 1.75. The summed E-state index contributed by atoms with van der Waals surface area (Å²) in [5, 5.41) is 3.98. The minimum Gasteiger partial charge on any atom is -0.355 e. The Bertz CT molecular complexity index is 830. The summed E-state index contributed by atoms with van der Waals surface area (Å²) < 4.78 is 13.4. The lowest BCUT2D eigenvalue weighted by atomic mass is 10.1. The number of hydrogen-bond donors (Lipinski definition) is 1. The third-order valence-corrected chi connectivity index (χ3v) is 6.11. The van der Waals surface area contributed by atoms with E-state index < -0.39 is 11.7 Å². The van der Waals surface area contributed by atoms with Crippen LogP contribution in [0.1, 0.15) is 28.4 Å². The van der Waals surface area contributed by atoms with E-state index in [0.29, 0.717) is 18.8 Å². The second kappa shape index (κ2) is 7.15. The highest BCUT2D eigenvalue weighted by molar-refractivity contribution is 7.11. The standard InChI is InChI=1S/C19H20FN3O2S/c20-13-3-1-4-14(10-13)23-11-12(9-18(23)24)19(25)21-8-7-17-22-15-5-2-6-16(15)26-17/h1,3-4,10,12H,2,5-9,11H2,(H,21,25). The van der Waals surface area contributed by atoms with Gasteiger partial charge in [-0.05, 0) is 37.5 Å². The van der Waals surface area contributed by atoms with Gasteiger partial charge in [-0.25, -0.2) is 9.37 Å². The Morgan fingerprint density at radius 2 is 2.27 bits per heavy atom. The van der Waals surface area contributed by atoms with Crippen LogP contribution in [0.2, 0.25) is 0 Å². The summed E-state index contributed by atoms with van der Waals surface area (Å²) in [6, 6.07) is 5.90. The van der Waals surface area contributed by atoms with Crippen LogP contribution < -0.4 is 10.2 Å². The Labute approximate surface area is 155 Å². The van der Waals surface area contributed by atoms with Crippen molar-refractivity contribution in [2.24, 2.45) is 5.92 Å². The number of aromatic nitrogens is 1. The number of anilines is 1. The Balaban J connectivity index is 1.30. The van der Waals surface area contributed by atoms with Gasteiger partial charge in [0, 0.05) is 36.5 Å². The number of fused-ring (bicyclic) bond motifs is 1. The third-order valence-electron chi connectivity index (χ3n) is 4.89. The van der Waals surface area contributed by atoms with Gasteiger partial charge in [0.25, 0.3) is 0 Å². The van der Waals surface area contributed by atoms with E-state index in [-0.39, 0.29) is 18.2 Å². The largest absolute Gasteiger partial charge is 0.355 e. The molecule has 1 aliphatic heterocycles. The molecule has 2 aromatic rings. The van der Waals surface area contributed by atoms with Crippen LogP contribution in [0.3, 0.4) is 0 Å². The van der Waals surface area contributed by atoms with Gasteiger partial charge in [-0.3, -0.25) is 9.59 Å². The number of rotatable bonds is 5. The zero-order valence-electron chi connectivity index (χ0n) is 14.3. The molecule has 2 heterocycles. The first-order valence-corrected chi connectivity index (χ1v) is 9.73. The summed E-state index contributed by atoms with van der Waals surface area (Å²) in [5.41, 5.74) is 1.73. The molecule has 2 aliphatic rings. The average Bonchev–Trinajstić information content (AvgIpc) is 3.29. The van der Waals surface area contributed by atoms with Crippen LogP contribution in [0.15, 0.2) is 24.3 Å². The van der Waals surface area contributed by atoms with Gasteiger partial charge in [0.1, 0.15) is 5.82 Å². The molecule has 136 valence electrons. The molecule has 1 atom stereocenters. The molecule has 1 unspecified atom stereocenters. The maximum absolute atomic E-state index is 13.4. The fraction of sp³-hybridized carbons (Fsp3) is 0.421. The molecule has 26 heavy (non-hydrogen) atoms. The predicted octanol–water partition coefficient (Wildman–Crippen LogP) is 2.48. The zero-order chi connectivity index (χ0) is 18.1. The summed E-state index contributed by atoms with van der Waals surface area (Å²) in [6.07, 6.45) is 4.27. The molecule has 1 aromatic heterocycles. The van der Waals surface area contributed by atoms with Crippen LogP contribution >= 0.6 is 11.3 Å². The van der Waals surface area contributed by atoms with Crippen LogP contribution in [0.25, 0.3) is 0 Å². The van der Waals surface area contributed by atoms with Crippen molar-refractivity contribution in [3.05, 3.63) is 45.7 Å². The number of nitrogens with zero attached hydrogens (tertiary/aromatic N) is 2. The van der Waals surface area contributed by atoms with E-state index in [0.717, 1.165) is 24.3 Å². The van der Waals surface area contributed by atoms with E-state index >= 15 is 0 Å². The first kappa shape index (κ1) is 17.1. The minimum absolute atomic E-state index is 0.124. The lowest BCUT2D eigenvalue weighted by Gasteiger charge is -2.16. The van der Waals surface area contributed by atoms with Crippen LogP contribution in [0.4, 0.5) is 10.1 Å². The van der Waals surface area contributed by atoms with Gasteiger partial charge in [0.15, 0.2) is 0 Å². The first-order chi connectivity index (χ1) is 12.6. The van der Waals surface area contributed by atoms with Crippen LogP contribution in [0, 0.1) is 11.7 Å². The molecule has 1 aromatic carbocycles. The maximum atomic E-state index is 13.4. The van der Waals surface area contributed by atoms with Gasteiger partial charge in [-0.15, -0.1) is 11.3 Å². The van der Waals surface area contributed by atoms with Crippen LogP contribution in [-0.2, 0) is 28.9 Å². The first-order valence-electron chi connectivity index (χ1n) is 8.91. The SMILES string of the molecule is O=C(NCCc1nc2c(s1)CCC2)C1CC(=O)N(c2cccc(F)c2)C1. The summed E-state index contributed by atoms with van der Waals surface area (Å²) in [7, 11) is 0. The number of nitrogens with one attached hydrogen (secondary N) is 1. The molecule has 0 bridgehead atoms. The lowest BCUT2D eigenvalue weighted by molar-refractivity contribution is -0.126. The quantitative estimate of drug-likeness (QED) is 0.876. The monoisotopic (exact) mass is 373 g/mol. The smallest absolute Gasteiger partial charge is 0.227 e. The number of benzene rings is 1. The molecule has 0 saturated carbocycles. The molecule has 5 nitrogen and oxygen atoms in total. The molecule has 7 heteroatoms. The highest BCUT2D eigenvalue weighted by atomic mass is 32.1. The van der Waals surface area contributed by atoms with E-state index in [4.69, 9.17) is 0 Å². The van der Waals surface area contributed by atoms with Crippen molar-refractivity contribution in [2.45, 2.75) is 32.1 Å². The van der Waals surface area contributed by atoms with E-state index in [1.807, 2.05) is 0 Å². The van der Waals surface area contributed by atoms with Gasteiger partial charge in [0.05, 0.1) is 16.6 Å². The van der Waals surface area contributed by atoms with Gasteiger partial charge < -0.3 is 10.2 Å². The Morgan fingerprint density at radius 3 is 3.08 bits per heavy atom. The average molecular weight is 373 g/mol. The van der Waals surface area contributed by atoms with Crippen LogP contribution in [-0.4, -0.2) is 29.9 Å². The van der Waals surface area contributed by atoms with Crippen molar-refractivity contribution in [1.82, 2.24) is 10.3 Å². The normalized spacial score (nSPS) is 19.0. The Hall–Kier alpha value is -2.28. The topological polar surface area (TPSA) is 62.3 Å². The van der Waals surface area contributed by atoms with Gasteiger partial charge >= 0.3 is 0 Å². The molecule has 1 fully saturated rings. The molecule has 0 spiro atoms. The molecule has 1 saturated heterocycles. The summed E-state index contributed by atoms with van der Waals surface area (Å²) in [5.74, 6) is -1.06. The molecule has 1 aliphatic carbocycles. The molecule has 1 N–H and O–H groups in total. The predicted molar refractivity (Wildman–Crippen MR) is 97.7 cm³/mol. The summed E-state index contributed by atoms with van der Waals surface area (Å²) in [6.45, 7) is 0.815. The number of halogens is 1. The fourth-order valence-corrected chi connectivity index (χ4v) is 4.72. The van der Waals surface area contributed by atoms with Crippen molar-refractivity contribution < 1.29 is 14.0 Å². The number of carbonyl (C=O) groups is 2. The molecule has 0 radical (unpaired) electrons. The zero-order valence-corrected chi connectivity index (χ0v) is 15.2. The van der Waals surface area contributed by atoms with Crippen molar-refractivity contribution in [3.8, 4) is 0 Å². The second-order valence-corrected chi connectivity index (χ2v) is 7.93. The highest BCUT2D eigenvalue weighted by Crippen LogP contribution is 2.28. The van der Waals surface area contributed by atoms with E-state index in [9.17, 15) is 14.0 Å². The lowest BCUT2D eigenvalue weighted by Crippen LogP contribution is -2.34. The fourth-order valence-electron chi connectivity index (χ4n) is 3.56. The van der Waals surface area contributed by atoms with Gasteiger partial charge in [-0.2, -0.15) is 0 Å². The Kier molecular flexibility index (Phi) is 4.72. The van der Waals surface area contributed by atoms with E-state index in [2.05, 4.69) is 10.3 Å². The van der Waals surface area contributed by atoms with Crippen LogP contribution in [0.5, 0.6) is 0 Å². The number of aryl methyl sites for hydroxylation is 2. The number of thiazole rings is 1. The molecule has 2 amide bonds. The summed E-state index contributed by atoms with van der Waals surface area (Å²) in [4.78, 5) is 32.1. The van der Waals surface area contributed by atoms with Crippen molar-refractivity contribution in [3.63, 3.8) is 0 Å². The minimum atomic E-state index is -0.396. The van der Waals surface area contributed by atoms with Crippen molar-refractivity contribution in [2.75, 3.05) is 18.0 Å².